The van der Waals surface area contributed by atoms with Gasteiger partial charge >= 0.3 is 0 Å². The van der Waals surface area contributed by atoms with Gasteiger partial charge in [-0.3, -0.25) is 0 Å². The molecule has 0 bridgehead atoms. The fourth-order valence-corrected chi connectivity index (χ4v) is 4.00. The Balaban J connectivity index is 0.00000121. The van der Waals surface area contributed by atoms with Gasteiger partial charge in [-0.15, -0.1) is 29.9 Å². The van der Waals surface area contributed by atoms with Gasteiger partial charge in [-0.25, -0.2) is 4.98 Å². The molecule has 0 fully saturated rings. The molecule has 0 saturated heterocycles. The Kier molecular flexibility index (Phi) is 6.52. The predicted octanol–water partition coefficient (Wildman–Crippen LogP) is 3.10. The molecule has 1 aliphatic rings. The van der Waals surface area contributed by atoms with Gasteiger partial charge in [-0.05, 0) is 24.1 Å². The molecule has 9 heteroatoms. The number of rotatable bonds is 3. The highest BCUT2D eigenvalue weighted by Crippen LogP contribution is 2.34. The summed E-state index contributed by atoms with van der Waals surface area (Å²) in [5.41, 5.74) is 16.1. The number of H-pyrrole nitrogens is 1. The smallest absolute Gasteiger partial charge is 0.211 e. The van der Waals surface area contributed by atoms with E-state index in [9.17, 15) is 0 Å². The van der Waals surface area contributed by atoms with E-state index in [1.54, 1.807) is 11.8 Å². The minimum atomic E-state index is -0.0423. The summed E-state index contributed by atoms with van der Waals surface area (Å²) < 4.78 is 0. The van der Waals surface area contributed by atoms with Gasteiger partial charge < -0.3 is 16.5 Å². The lowest BCUT2D eigenvalue weighted by Gasteiger charge is -2.07. The minimum Gasteiger partial charge on any atom is -0.369 e. The summed E-state index contributed by atoms with van der Waals surface area (Å²) in [5.74, 6) is -0.0423. The molecule has 1 heterocycles. The number of fused-ring (bicyclic) bond motifs is 2. The summed E-state index contributed by atoms with van der Waals surface area (Å²) in [6, 6.07) is 16.2. The fourth-order valence-electron chi connectivity index (χ4n) is 2.87. The van der Waals surface area contributed by atoms with Crippen LogP contribution in [-0.4, -0.2) is 26.9 Å². The zero-order valence-corrected chi connectivity index (χ0v) is 16.1. The maximum absolute atomic E-state index is 5.43. The van der Waals surface area contributed by atoms with E-state index >= 15 is 0 Å². The van der Waals surface area contributed by atoms with E-state index in [2.05, 4.69) is 32.3 Å². The van der Waals surface area contributed by atoms with Gasteiger partial charge in [0.15, 0.2) is 5.16 Å². The monoisotopic (exact) mass is 408 g/mol. The van der Waals surface area contributed by atoms with Crippen molar-refractivity contribution in [2.75, 3.05) is 0 Å². The summed E-state index contributed by atoms with van der Waals surface area (Å²) in [6.45, 7) is 0. The van der Waals surface area contributed by atoms with Crippen molar-refractivity contribution in [3.8, 4) is 0 Å². The van der Waals surface area contributed by atoms with Crippen LogP contribution in [0.5, 0.6) is 0 Å². The zero-order valence-electron chi connectivity index (χ0n) is 13.6. The molecule has 3 aromatic rings. The van der Waals surface area contributed by atoms with Crippen molar-refractivity contribution in [3.05, 3.63) is 59.7 Å². The summed E-state index contributed by atoms with van der Waals surface area (Å²) >= 11 is 1.64. The molecular formula is C17H18Cl2N6S. The Morgan fingerprint density at radius 1 is 1.08 bits per heavy atom. The van der Waals surface area contributed by atoms with E-state index in [4.69, 9.17) is 11.5 Å². The third kappa shape index (κ3) is 3.95. The van der Waals surface area contributed by atoms with Crippen LogP contribution in [0.1, 0.15) is 11.1 Å². The molecule has 0 amide bonds. The Morgan fingerprint density at radius 2 is 1.81 bits per heavy atom. The van der Waals surface area contributed by atoms with E-state index in [0.717, 1.165) is 33.9 Å². The number of nitrogens with two attached hydrogens (primary N) is 2. The van der Waals surface area contributed by atoms with Crippen molar-refractivity contribution in [2.45, 2.75) is 16.8 Å². The van der Waals surface area contributed by atoms with Gasteiger partial charge in [0.25, 0.3) is 0 Å². The van der Waals surface area contributed by atoms with E-state index in [1.165, 1.54) is 5.56 Å². The molecule has 4 rings (SSSR count). The molecule has 1 unspecified atom stereocenters. The van der Waals surface area contributed by atoms with Crippen LogP contribution in [-0.2, 0) is 6.42 Å². The van der Waals surface area contributed by atoms with Crippen molar-refractivity contribution >= 4 is 59.3 Å². The lowest BCUT2D eigenvalue weighted by molar-refractivity contribution is 1.04. The predicted molar refractivity (Wildman–Crippen MR) is 113 cm³/mol. The lowest BCUT2D eigenvalue weighted by atomic mass is 10.1. The van der Waals surface area contributed by atoms with Crippen LogP contribution < -0.4 is 11.5 Å². The third-order valence-corrected chi connectivity index (χ3v) is 4.99. The first-order valence-corrected chi connectivity index (χ1v) is 8.45. The van der Waals surface area contributed by atoms with Gasteiger partial charge in [0.05, 0.1) is 22.0 Å². The van der Waals surface area contributed by atoms with Crippen LogP contribution in [0.15, 0.2) is 63.9 Å². The van der Waals surface area contributed by atoms with Crippen LogP contribution in [0.4, 0.5) is 0 Å². The van der Waals surface area contributed by atoms with Crippen LogP contribution in [0.2, 0.25) is 0 Å². The van der Waals surface area contributed by atoms with Crippen molar-refractivity contribution in [1.29, 1.82) is 0 Å². The Morgan fingerprint density at radius 3 is 2.58 bits per heavy atom. The lowest BCUT2D eigenvalue weighted by Crippen LogP contribution is -2.22. The summed E-state index contributed by atoms with van der Waals surface area (Å²) in [4.78, 5) is 7.98. The topological polar surface area (TPSA) is 105 Å². The molecule has 0 saturated carbocycles. The standard InChI is InChI=1S/C17H16N6S.2ClH/c18-16(19)23-22-15-11-6-2-1-5-10(11)9-14(15)24-17-20-12-7-3-4-8-13(12)21-17;;/h1-8,14H,9H2,(H,20,21)(H4,18,19,23);2*1H/b22-15+;;. The number of nitrogens with one attached hydrogen (secondary N) is 1. The molecule has 0 radical (unpaired) electrons. The largest absolute Gasteiger partial charge is 0.369 e. The normalized spacial score (nSPS) is 16.6. The first-order valence-electron chi connectivity index (χ1n) is 7.57. The van der Waals surface area contributed by atoms with Crippen molar-refractivity contribution in [3.63, 3.8) is 0 Å². The van der Waals surface area contributed by atoms with E-state index < -0.39 is 0 Å². The van der Waals surface area contributed by atoms with Gasteiger partial charge in [-0.1, -0.05) is 48.2 Å². The average molecular weight is 409 g/mol. The third-order valence-electron chi connectivity index (χ3n) is 3.90. The molecule has 136 valence electrons. The number of hydrogen-bond acceptors (Lipinski definition) is 4. The molecule has 1 atom stereocenters. The Hall–Kier alpha value is -2.22. The Bertz CT molecular complexity index is 932. The van der Waals surface area contributed by atoms with Crippen molar-refractivity contribution < 1.29 is 0 Å². The molecule has 1 aliphatic carbocycles. The van der Waals surface area contributed by atoms with E-state index in [0.29, 0.717) is 0 Å². The zero-order chi connectivity index (χ0) is 16.5. The highest BCUT2D eigenvalue weighted by molar-refractivity contribution is 8.00. The van der Waals surface area contributed by atoms with Crippen LogP contribution >= 0.6 is 36.6 Å². The molecule has 5 N–H and O–H groups in total. The molecular weight excluding hydrogens is 391 g/mol. The first kappa shape index (κ1) is 20.1. The number of guanidine groups is 1. The Labute approximate surface area is 167 Å². The van der Waals surface area contributed by atoms with Crippen molar-refractivity contribution in [2.24, 2.45) is 21.7 Å². The first-order chi connectivity index (χ1) is 11.7. The fraction of sp³-hybridized carbons (Fsp3) is 0.118. The summed E-state index contributed by atoms with van der Waals surface area (Å²) in [5, 5.41) is 9.13. The van der Waals surface area contributed by atoms with E-state index in [1.807, 2.05) is 36.4 Å². The molecule has 2 aromatic carbocycles. The van der Waals surface area contributed by atoms with Gasteiger partial charge in [0.2, 0.25) is 5.96 Å². The van der Waals surface area contributed by atoms with Crippen LogP contribution in [0.3, 0.4) is 0 Å². The molecule has 6 nitrogen and oxygen atoms in total. The molecule has 0 aliphatic heterocycles. The highest BCUT2D eigenvalue weighted by atomic mass is 35.5. The average Bonchev–Trinajstić information content (AvgIpc) is 3.13. The van der Waals surface area contributed by atoms with Crippen LogP contribution in [0, 0.1) is 0 Å². The number of benzene rings is 2. The number of nitrogens with zero attached hydrogens (tertiary/aromatic N) is 3. The molecule has 1 aromatic heterocycles. The van der Waals surface area contributed by atoms with Gasteiger partial charge in [-0.2, -0.15) is 5.10 Å². The SMILES string of the molecule is Cl.Cl.NC(N)=N/N=C1\c2ccccc2CC1Sc1nc2ccccc2[nH]1. The number of aromatic amines is 1. The minimum absolute atomic E-state index is 0. The second-order valence-electron chi connectivity index (χ2n) is 5.54. The number of halogens is 2. The van der Waals surface area contributed by atoms with Crippen LogP contribution in [0.25, 0.3) is 11.0 Å². The van der Waals surface area contributed by atoms with E-state index in [-0.39, 0.29) is 36.0 Å². The maximum Gasteiger partial charge on any atom is 0.211 e. The highest BCUT2D eigenvalue weighted by Gasteiger charge is 2.30. The number of para-hydroxylation sites is 2. The summed E-state index contributed by atoms with van der Waals surface area (Å²) in [7, 11) is 0. The summed E-state index contributed by atoms with van der Waals surface area (Å²) in [6.07, 6.45) is 0.872. The van der Waals surface area contributed by atoms with Gasteiger partial charge in [0.1, 0.15) is 0 Å². The second-order valence-corrected chi connectivity index (χ2v) is 6.73. The number of thioether (sulfide) groups is 1. The number of hydrogen-bond donors (Lipinski definition) is 3. The van der Waals surface area contributed by atoms with Gasteiger partial charge in [0, 0.05) is 5.56 Å². The van der Waals surface area contributed by atoms with Crippen molar-refractivity contribution in [1.82, 2.24) is 9.97 Å². The molecule has 0 spiro atoms. The number of aromatic nitrogens is 2. The maximum atomic E-state index is 5.43. The number of imidazole rings is 1. The molecule has 26 heavy (non-hydrogen) atoms. The second kappa shape index (κ2) is 8.44. The quantitative estimate of drug-likeness (QED) is 0.351.